The van der Waals surface area contributed by atoms with Crippen molar-refractivity contribution in [2.24, 2.45) is 5.73 Å². The maximum Gasteiger partial charge on any atom is 0.258 e. The number of pyridine rings is 2. The molecule has 6 nitrogen and oxygen atoms in total. The van der Waals surface area contributed by atoms with E-state index in [4.69, 9.17) is 10.5 Å². The highest BCUT2D eigenvalue weighted by molar-refractivity contribution is 5.54. The molecule has 0 fully saturated rings. The van der Waals surface area contributed by atoms with Gasteiger partial charge in [0.25, 0.3) is 5.56 Å². The monoisotopic (exact) mass is 384 g/mol. The molecular weight excluding hydrogens is 364 g/mol. The Bertz CT molecular complexity index is 1180. The number of hydrogen-bond donors (Lipinski definition) is 1. The van der Waals surface area contributed by atoms with Crippen LogP contribution < -0.4 is 16.0 Å². The molecule has 3 heterocycles. The number of benzene rings is 1. The third kappa shape index (κ3) is 3.39. The topological polar surface area (TPSA) is 93.9 Å². The van der Waals surface area contributed by atoms with Crippen molar-refractivity contribution in [3.63, 3.8) is 0 Å². The van der Waals surface area contributed by atoms with Crippen LogP contribution in [0.4, 0.5) is 0 Å². The number of ether oxygens (including phenoxy) is 1. The molecule has 2 N–H and O–H groups in total. The van der Waals surface area contributed by atoms with E-state index in [1.807, 2.05) is 49.4 Å². The van der Waals surface area contributed by atoms with Gasteiger partial charge in [-0.1, -0.05) is 36.4 Å². The Labute approximate surface area is 168 Å². The highest BCUT2D eigenvalue weighted by Gasteiger charge is 2.34. The van der Waals surface area contributed by atoms with Crippen LogP contribution in [0, 0.1) is 18.3 Å². The lowest BCUT2D eigenvalue weighted by Crippen LogP contribution is -2.33. The molecule has 144 valence electrons. The summed E-state index contributed by atoms with van der Waals surface area (Å²) in [6, 6.07) is 17.6. The summed E-state index contributed by atoms with van der Waals surface area (Å²) in [6.45, 7) is 2.40. The third-order valence-corrected chi connectivity index (χ3v) is 5.17. The van der Waals surface area contributed by atoms with Gasteiger partial charge in [-0.2, -0.15) is 5.26 Å². The Hall–Kier alpha value is -3.85. The van der Waals surface area contributed by atoms with Crippen LogP contribution >= 0.6 is 0 Å². The third-order valence-electron chi connectivity index (χ3n) is 5.17. The van der Waals surface area contributed by atoms with Crippen LogP contribution in [0.25, 0.3) is 0 Å². The molecule has 1 aliphatic heterocycles. The molecule has 0 saturated carbocycles. The Morgan fingerprint density at radius 2 is 2.03 bits per heavy atom. The van der Waals surface area contributed by atoms with Gasteiger partial charge in [-0.25, -0.2) is 0 Å². The first kappa shape index (κ1) is 18.5. The minimum absolute atomic E-state index is 0.0229. The summed E-state index contributed by atoms with van der Waals surface area (Å²) in [6.07, 6.45) is 4.02. The minimum atomic E-state index is -0.603. The minimum Gasteiger partial charge on any atom is -0.440 e. The molecule has 1 aliphatic rings. The molecule has 0 aliphatic carbocycles. The van der Waals surface area contributed by atoms with E-state index in [9.17, 15) is 10.1 Å². The summed E-state index contributed by atoms with van der Waals surface area (Å²) in [5.74, 6) is -0.183. The van der Waals surface area contributed by atoms with Gasteiger partial charge in [0, 0.05) is 30.7 Å². The first-order valence-electron chi connectivity index (χ1n) is 9.36. The highest BCUT2D eigenvalue weighted by Crippen LogP contribution is 2.40. The van der Waals surface area contributed by atoms with Crippen molar-refractivity contribution >= 4 is 0 Å². The van der Waals surface area contributed by atoms with Crippen molar-refractivity contribution < 1.29 is 4.74 Å². The number of nitriles is 1. The van der Waals surface area contributed by atoms with E-state index in [2.05, 4.69) is 11.1 Å². The molecule has 1 atom stereocenters. The van der Waals surface area contributed by atoms with E-state index in [-0.39, 0.29) is 17.0 Å². The van der Waals surface area contributed by atoms with E-state index in [1.165, 1.54) is 0 Å². The van der Waals surface area contributed by atoms with E-state index >= 15 is 0 Å². The van der Waals surface area contributed by atoms with Crippen molar-refractivity contribution in [1.29, 1.82) is 5.26 Å². The molecular formula is C23H20N4O2. The van der Waals surface area contributed by atoms with Crippen LogP contribution in [0.3, 0.4) is 0 Å². The van der Waals surface area contributed by atoms with Crippen LogP contribution in [0.2, 0.25) is 0 Å². The predicted octanol–water partition coefficient (Wildman–Crippen LogP) is 3.01. The van der Waals surface area contributed by atoms with Crippen molar-refractivity contribution in [1.82, 2.24) is 9.55 Å². The lowest BCUT2D eigenvalue weighted by molar-refractivity contribution is 0.388. The number of rotatable bonds is 4. The van der Waals surface area contributed by atoms with Gasteiger partial charge in [0.05, 0.1) is 11.5 Å². The largest absolute Gasteiger partial charge is 0.440 e. The second kappa shape index (κ2) is 7.64. The molecule has 0 spiro atoms. The van der Waals surface area contributed by atoms with E-state index in [0.717, 1.165) is 23.2 Å². The molecule has 0 radical (unpaired) electrons. The molecule has 4 rings (SSSR count). The Kier molecular flexibility index (Phi) is 4.88. The Morgan fingerprint density at radius 1 is 1.24 bits per heavy atom. The summed E-state index contributed by atoms with van der Waals surface area (Å²) in [5, 5.41) is 9.69. The number of hydrogen-bond acceptors (Lipinski definition) is 5. The molecule has 0 amide bonds. The fourth-order valence-corrected chi connectivity index (χ4v) is 3.73. The standard InChI is InChI=1S/C23H20N4O2/c1-15-12-19-21(23(28)27(15)11-9-16-6-3-2-4-7-16)20(17-8-5-10-26-14-17)18(13-24)22(25)29-19/h2-8,10,12,14,20H,9,11,25H2,1H3/t20-/m1/s1. The van der Waals surface area contributed by atoms with Gasteiger partial charge in [0.15, 0.2) is 0 Å². The van der Waals surface area contributed by atoms with E-state index in [0.29, 0.717) is 17.9 Å². The van der Waals surface area contributed by atoms with Crippen LogP contribution in [-0.4, -0.2) is 9.55 Å². The number of nitrogens with two attached hydrogens (primary N) is 1. The van der Waals surface area contributed by atoms with Gasteiger partial charge in [-0.3, -0.25) is 9.78 Å². The number of fused-ring (bicyclic) bond motifs is 1. The quantitative estimate of drug-likeness (QED) is 0.746. The fraction of sp³-hybridized carbons (Fsp3) is 0.174. The maximum absolute atomic E-state index is 13.5. The van der Waals surface area contributed by atoms with Crippen LogP contribution in [0.5, 0.6) is 5.75 Å². The Balaban J connectivity index is 1.83. The van der Waals surface area contributed by atoms with Gasteiger partial charge in [-0.15, -0.1) is 0 Å². The summed E-state index contributed by atoms with van der Waals surface area (Å²) in [4.78, 5) is 17.6. The normalized spacial score (nSPS) is 15.4. The molecule has 0 unspecified atom stereocenters. The SMILES string of the molecule is Cc1cc2c(c(=O)n1CCc1ccccc1)[C@H](c1cccnc1)C(C#N)=C(N)O2. The van der Waals surface area contributed by atoms with Crippen molar-refractivity contribution in [3.8, 4) is 11.8 Å². The molecule has 29 heavy (non-hydrogen) atoms. The summed E-state index contributed by atoms with van der Waals surface area (Å²) in [7, 11) is 0. The lowest BCUT2D eigenvalue weighted by atomic mass is 9.85. The summed E-state index contributed by atoms with van der Waals surface area (Å²) >= 11 is 0. The highest BCUT2D eigenvalue weighted by atomic mass is 16.5. The van der Waals surface area contributed by atoms with E-state index in [1.54, 1.807) is 23.0 Å². The zero-order chi connectivity index (χ0) is 20.4. The zero-order valence-corrected chi connectivity index (χ0v) is 16.0. The smallest absolute Gasteiger partial charge is 0.258 e. The van der Waals surface area contributed by atoms with Gasteiger partial charge < -0.3 is 15.0 Å². The van der Waals surface area contributed by atoms with Crippen LogP contribution in [-0.2, 0) is 13.0 Å². The number of allylic oxidation sites excluding steroid dienone is 1. The van der Waals surface area contributed by atoms with Crippen molar-refractivity contribution in [2.45, 2.75) is 25.8 Å². The van der Waals surface area contributed by atoms with Gasteiger partial charge in [0.2, 0.25) is 5.88 Å². The second-order valence-electron chi connectivity index (χ2n) is 6.97. The number of aryl methyl sites for hydroxylation is 2. The average molecular weight is 384 g/mol. The number of aromatic nitrogens is 2. The second-order valence-corrected chi connectivity index (χ2v) is 6.97. The molecule has 1 aromatic carbocycles. The number of nitrogens with zero attached hydrogens (tertiary/aromatic N) is 3. The van der Waals surface area contributed by atoms with Gasteiger partial charge in [0.1, 0.15) is 17.4 Å². The molecule has 6 heteroatoms. The predicted molar refractivity (Wildman–Crippen MR) is 109 cm³/mol. The lowest BCUT2D eigenvalue weighted by Gasteiger charge is -2.27. The molecule has 2 aromatic heterocycles. The fourth-order valence-electron chi connectivity index (χ4n) is 3.73. The molecule has 0 bridgehead atoms. The first-order chi connectivity index (χ1) is 14.1. The van der Waals surface area contributed by atoms with Gasteiger partial charge in [-0.05, 0) is 30.5 Å². The molecule has 3 aromatic rings. The maximum atomic E-state index is 13.5. The van der Waals surface area contributed by atoms with Crippen LogP contribution in [0.1, 0.15) is 28.3 Å². The zero-order valence-electron chi connectivity index (χ0n) is 16.0. The van der Waals surface area contributed by atoms with Crippen molar-refractivity contribution in [2.75, 3.05) is 0 Å². The van der Waals surface area contributed by atoms with Crippen LogP contribution in [0.15, 0.2) is 77.2 Å². The Morgan fingerprint density at radius 3 is 2.72 bits per heavy atom. The summed E-state index contributed by atoms with van der Waals surface area (Å²) < 4.78 is 7.40. The summed E-state index contributed by atoms with van der Waals surface area (Å²) in [5.41, 5.74) is 9.14. The van der Waals surface area contributed by atoms with Gasteiger partial charge >= 0.3 is 0 Å². The molecule has 0 saturated heterocycles. The first-order valence-corrected chi connectivity index (χ1v) is 9.36. The van der Waals surface area contributed by atoms with E-state index < -0.39 is 5.92 Å². The van der Waals surface area contributed by atoms with Crippen molar-refractivity contribution in [3.05, 3.63) is 105 Å². The average Bonchev–Trinajstić information content (AvgIpc) is 2.74.